The van der Waals surface area contributed by atoms with E-state index in [-0.39, 0.29) is 13.1 Å². The van der Waals surface area contributed by atoms with E-state index in [4.69, 9.17) is 0 Å². The first-order valence-corrected chi connectivity index (χ1v) is 8.80. The van der Waals surface area contributed by atoms with Crippen molar-refractivity contribution in [2.24, 2.45) is 11.5 Å². The molecule has 6 N–H and O–H groups in total. The van der Waals surface area contributed by atoms with Crippen LogP contribution in [0.5, 0.6) is 0 Å². The molecule has 0 radical (unpaired) electrons. The van der Waals surface area contributed by atoms with Gasteiger partial charge in [0.15, 0.2) is 0 Å². The molecule has 0 saturated heterocycles. The van der Waals surface area contributed by atoms with Crippen LogP contribution >= 0.6 is 0 Å². The quantitative estimate of drug-likeness (QED) is 0.221. The van der Waals surface area contributed by atoms with Crippen molar-refractivity contribution in [2.45, 2.75) is 46.0 Å². The van der Waals surface area contributed by atoms with Crippen LogP contribution in [-0.4, -0.2) is 58.4 Å². The fourth-order valence-electron chi connectivity index (χ4n) is 0.569. The fourth-order valence-corrected chi connectivity index (χ4v) is 0.569. The first kappa shape index (κ1) is 38.9. The number of allylic oxidation sites excluding steroid dienone is 2. The Balaban J connectivity index is -0.0000000893. The van der Waals surface area contributed by atoms with Crippen molar-refractivity contribution in [3.63, 3.8) is 0 Å². The summed E-state index contributed by atoms with van der Waals surface area (Å²) in [5.74, 6) is 0. The van der Waals surface area contributed by atoms with Gasteiger partial charge in [-0.3, -0.25) is 0 Å². The van der Waals surface area contributed by atoms with Crippen LogP contribution in [0.15, 0.2) is 37.6 Å². The summed E-state index contributed by atoms with van der Waals surface area (Å²) in [4.78, 5) is 0. The Labute approximate surface area is 174 Å². The van der Waals surface area contributed by atoms with Gasteiger partial charge in [-0.15, -0.1) is 13.2 Å². The molecule has 0 bridgehead atoms. The molecule has 0 heterocycles. The number of hydrogen-bond acceptors (Lipinski definition) is 4. The second kappa shape index (κ2) is 38.0. The Bertz CT molecular complexity index is 323. The molecule has 0 saturated carbocycles. The molecule has 0 spiro atoms. The molecule has 0 aliphatic rings. The Morgan fingerprint density at radius 1 is 0.767 bits per heavy atom. The molecule has 0 aliphatic heterocycles. The molecule has 0 aromatic rings. The van der Waals surface area contributed by atoms with Gasteiger partial charge in [-0.1, -0.05) is 25.2 Å². The van der Waals surface area contributed by atoms with E-state index >= 15 is 0 Å². The molecular weight excluding hydrogens is 424 g/mol. The molecular formula is C18H36F8N4. The molecule has 0 aromatic heterocycles. The maximum absolute atomic E-state index is 11.3. The lowest BCUT2D eigenvalue weighted by Crippen LogP contribution is -2.20. The van der Waals surface area contributed by atoms with Gasteiger partial charge in [-0.25, -0.2) is 35.1 Å². The fraction of sp³-hybridized carbons (Fsp3) is 0.667. The molecule has 12 heteroatoms. The summed E-state index contributed by atoms with van der Waals surface area (Å²) in [6.07, 6.45) is -1.53. The van der Waals surface area contributed by atoms with Crippen molar-refractivity contribution in [1.29, 1.82) is 0 Å². The highest BCUT2D eigenvalue weighted by molar-refractivity contribution is 4.73. The standard InChI is InChI=1S/2C5H9F2N.C4H8.2C2H5F2N/c2*1-2-3-8-4-5(6)7;1-3-4-2;2*3-2(4)1-5/h2-3,5,8H,4H2,1H3;2,5,8H,1,3-4H2;3H,1,4H2,2H3;2*2H,1,5H2. The van der Waals surface area contributed by atoms with Crippen molar-refractivity contribution in [3.8, 4) is 0 Å². The van der Waals surface area contributed by atoms with Crippen LogP contribution in [0, 0.1) is 0 Å². The maximum atomic E-state index is 11.3. The SMILES string of the molecule is C=CCC.C=CCNCC(F)F.CC=CNCC(F)F.NCC(F)F.NCC(F)F. The van der Waals surface area contributed by atoms with Gasteiger partial charge in [0.1, 0.15) is 0 Å². The molecule has 0 aromatic carbocycles. The monoisotopic (exact) mass is 460 g/mol. The summed E-state index contributed by atoms with van der Waals surface area (Å²) in [6, 6.07) is 0. The molecule has 0 amide bonds. The highest BCUT2D eigenvalue weighted by atomic mass is 19.3. The smallest absolute Gasteiger partial charge is 0.255 e. The summed E-state index contributed by atoms with van der Waals surface area (Å²) in [7, 11) is 0. The molecule has 0 aliphatic carbocycles. The van der Waals surface area contributed by atoms with Gasteiger partial charge in [0.25, 0.3) is 25.7 Å². The third kappa shape index (κ3) is 95.0. The van der Waals surface area contributed by atoms with Gasteiger partial charge in [0, 0.05) is 6.54 Å². The third-order valence-electron chi connectivity index (χ3n) is 1.79. The minimum atomic E-state index is -2.34. The lowest BCUT2D eigenvalue weighted by Gasteiger charge is -1.96. The van der Waals surface area contributed by atoms with Crippen molar-refractivity contribution < 1.29 is 35.1 Å². The van der Waals surface area contributed by atoms with Gasteiger partial charge in [-0.05, 0) is 19.5 Å². The number of rotatable bonds is 10. The summed E-state index contributed by atoms with van der Waals surface area (Å²) in [5.41, 5.74) is 8.84. The summed E-state index contributed by atoms with van der Waals surface area (Å²) < 4.78 is 87.6. The second-order valence-corrected chi connectivity index (χ2v) is 4.59. The van der Waals surface area contributed by atoms with Crippen LogP contribution < -0.4 is 22.1 Å². The van der Waals surface area contributed by atoms with Gasteiger partial charge in [-0.2, -0.15) is 0 Å². The molecule has 184 valence electrons. The van der Waals surface area contributed by atoms with Crippen molar-refractivity contribution in [2.75, 3.05) is 32.7 Å². The van der Waals surface area contributed by atoms with E-state index in [2.05, 4.69) is 42.2 Å². The average molecular weight is 460 g/mol. The van der Waals surface area contributed by atoms with Gasteiger partial charge < -0.3 is 22.1 Å². The van der Waals surface area contributed by atoms with E-state index in [1.165, 1.54) is 6.20 Å². The number of halogens is 8. The predicted octanol–water partition coefficient (Wildman–Crippen LogP) is 4.40. The molecule has 30 heavy (non-hydrogen) atoms. The zero-order valence-electron chi connectivity index (χ0n) is 17.5. The number of nitrogens with two attached hydrogens (primary N) is 2. The maximum Gasteiger partial charge on any atom is 0.255 e. The molecule has 0 rings (SSSR count). The van der Waals surface area contributed by atoms with Crippen LogP contribution in [0.3, 0.4) is 0 Å². The van der Waals surface area contributed by atoms with Gasteiger partial charge >= 0.3 is 0 Å². The molecule has 4 nitrogen and oxygen atoms in total. The topological polar surface area (TPSA) is 76.1 Å². The molecule has 0 unspecified atom stereocenters. The lowest BCUT2D eigenvalue weighted by atomic mass is 10.5. The first-order chi connectivity index (χ1) is 14.0. The first-order valence-electron chi connectivity index (χ1n) is 8.80. The Morgan fingerprint density at radius 3 is 1.33 bits per heavy atom. The van der Waals surface area contributed by atoms with Crippen LogP contribution in [0.4, 0.5) is 35.1 Å². The Kier molecular flexibility index (Phi) is 49.3. The van der Waals surface area contributed by atoms with Crippen LogP contribution in [0.1, 0.15) is 20.3 Å². The van der Waals surface area contributed by atoms with Crippen LogP contribution in [0.25, 0.3) is 0 Å². The van der Waals surface area contributed by atoms with E-state index in [1.54, 1.807) is 19.1 Å². The lowest BCUT2D eigenvalue weighted by molar-refractivity contribution is 0.147. The molecule has 0 atom stereocenters. The largest absolute Gasteiger partial charge is 0.385 e. The summed E-state index contributed by atoms with van der Waals surface area (Å²) in [6.45, 7) is 9.54. The minimum Gasteiger partial charge on any atom is -0.385 e. The third-order valence-corrected chi connectivity index (χ3v) is 1.79. The normalized spacial score (nSPS) is 9.60. The van der Waals surface area contributed by atoms with Crippen molar-refractivity contribution in [1.82, 2.24) is 10.6 Å². The van der Waals surface area contributed by atoms with Gasteiger partial charge in [0.05, 0.1) is 26.2 Å². The minimum absolute atomic E-state index is 0.244. The van der Waals surface area contributed by atoms with E-state index < -0.39 is 38.8 Å². The Morgan fingerprint density at radius 2 is 1.13 bits per heavy atom. The van der Waals surface area contributed by atoms with Crippen molar-refractivity contribution >= 4 is 0 Å². The molecule has 0 fully saturated rings. The van der Waals surface area contributed by atoms with E-state index in [1.807, 2.05) is 6.08 Å². The van der Waals surface area contributed by atoms with Crippen LogP contribution in [0.2, 0.25) is 0 Å². The highest BCUT2D eigenvalue weighted by Gasteiger charge is 1.97. The highest BCUT2D eigenvalue weighted by Crippen LogP contribution is 1.87. The number of nitrogens with one attached hydrogen (secondary N) is 2. The van der Waals surface area contributed by atoms with Crippen LogP contribution in [-0.2, 0) is 0 Å². The zero-order valence-corrected chi connectivity index (χ0v) is 17.5. The average Bonchev–Trinajstić information content (AvgIpc) is 2.69. The number of hydrogen-bond donors (Lipinski definition) is 4. The number of alkyl halides is 8. The van der Waals surface area contributed by atoms with E-state index in [0.29, 0.717) is 6.54 Å². The van der Waals surface area contributed by atoms with E-state index in [9.17, 15) is 35.1 Å². The zero-order chi connectivity index (χ0) is 24.8. The summed E-state index contributed by atoms with van der Waals surface area (Å²) in [5, 5.41) is 4.87. The predicted molar refractivity (Wildman–Crippen MR) is 108 cm³/mol. The van der Waals surface area contributed by atoms with E-state index in [0.717, 1.165) is 6.42 Å². The Hall–Kier alpha value is -1.66. The summed E-state index contributed by atoms with van der Waals surface area (Å²) >= 11 is 0. The second-order valence-electron chi connectivity index (χ2n) is 4.59. The van der Waals surface area contributed by atoms with Gasteiger partial charge in [0.2, 0.25) is 0 Å². The van der Waals surface area contributed by atoms with Crippen molar-refractivity contribution in [3.05, 3.63) is 37.6 Å².